The van der Waals surface area contributed by atoms with Crippen LogP contribution in [0, 0.1) is 11.7 Å². The minimum Gasteiger partial charge on any atom is -0.391 e. The Morgan fingerprint density at radius 1 is 1.47 bits per heavy atom. The van der Waals surface area contributed by atoms with Crippen LogP contribution in [0.15, 0.2) is 22.7 Å². The van der Waals surface area contributed by atoms with Gasteiger partial charge in [0, 0.05) is 0 Å². The highest BCUT2D eigenvalue weighted by atomic mass is 79.9. The van der Waals surface area contributed by atoms with Gasteiger partial charge in [-0.1, -0.05) is 26.3 Å². The predicted octanol–water partition coefficient (Wildman–Crippen LogP) is 3.42. The molecule has 0 aliphatic carbocycles. The van der Waals surface area contributed by atoms with E-state index in [1.165, 1.54) is 6.07 Å². The van der Waals surface area contributed by atoms with E-state index >= 15 is 0 Å². The number of nitrogens with two attached hydrogens (primary N) is 1. The van der Waals surface area contributed by atoms with Gasteiger partial charge in [0.15, 0.2) is 0 Å². The van der Waals surface area contributed by atoms with Crippen molar-refractivity contribution < 1.29 is 9.50 Å². The summed E-state index contributed by atoms with van der Waals surface area (Å²) in [6, 6.07) is 4.15. The molecule has 0 spiro atoms. The average molecular weight is 327 g/mol. The minimum atomic E-state index is -0.648. The van der Waals surface area contributed by atoms with Crippen LogP contribution in [0.2, 0.25) is 0 Å². The molecule has 0 saturated heterocycles. The molecule has 0 amide bonds. The molecule has 0 heterocycles. The number of halogens is 3. The van der Waals surface area contributed by atoms with Crippen LogP contribution in [0.1, 0.15) is 31.9 Å². The largest absolute Gasteiger partial charge is 0.391 e. The third-order valence-corrected chi connectivity index (χ3v) is 3.57. The lowest BCUT2D eigenvalue weighted by molar-refractivity contribution is 0.0879. The number of benzene rings is 1. The molecular formula is C12H18BrClFNO. The highest BCUT2D eigenvalue weighted by molar-refractivity contribution is 9.10. The van der Waals surface area contributed by atoms with E-state index in [1.807, 2.05) is 13.8 Å². The summed E-state index contributed by atoms with van der Waals surface area (Å²) in [6.45, 7) is 3.92. The highest BCUT2D eigenvalue weighted by Crippen LogP contribution is 2.24. The first kappa shape index (κ1) is 16.8. The molecule has 5 heteroatoms. The maximum absolute atomic E-state index is 13.3. The second kappa shape index (κ2) is 7.31. The van der Waals surface area contributed by atoms with E-state index in [9.17, 15) is 9.50 Å². The van der Waals surface area contributed by atoms with Crippen LogP contribution < -0.4 is 5.73 Å². The molecule has 0 aliphatic rings. The van der Waals surface area contributed by atoms with E-state index in [0.29, 0.717) is 10.0 Å². The van der Waals surface area contributed by atoms with Crippen molar-refractivity contribution in [2.45, 2.75) is 32.4 Å². The van der Waals surface area contributed by atoms with Crippen molar-refractivity contribution in [2.24, 2.45) is 11.7 Å². The van der Waals surface area contributed by atoms with Crippen molar-refractivity contribution in [3.63, 3.8) is 0 Å². The molecule has 1 aromatic rings. The number of hydrogen-bond donors (Lipinski definition) is 2. The maximum Gasteiger partial charge on any atom is 0.137 e. The van der Waals surface area contributed by atoms with Crippen molar-refractivity contribution in [3.05, 3.63) is 34.1 Å². The van der Waals surface area contributed by atoms with E-state index in [0.717, 1.165) is 6.42 Å². The molecule has 98 valence electrons. The van der Waals surface area contributed by atoms with Crippen molar-refractivity contribution in [1.29, 1.82) is 0 Å². The Labute approximate surface area is 116 Å². The lowest BCUT2D eigenvalue weighted by Gasteiger charge is -2.24. The van der Waals surface area contributed by atoms with Crippen LogP contribution in [0.3, 0.4) is 0 Å². The monoisotopic (exact) mass is 325 g/mol. The third-order valence-electron chi connectivity index (χ3n) is 2.92. The summed E-state index contributed by atoms with van der Waals surface area (Å²) in [5, 5.41) is 9.94. The summed E-state index contributed by atoms with van der Waals surface area (Å²) < 4.78 is 13.7. The van der Waals surface area contributed by atoms with Crippen molar-refractivity contribution in [2.75, 3.05) is 0 Å². The Morgan fingerprint density at radius 2 is 2.06 bits per heavy atom. The molecule has 0 fully saturated rings. The fraction of sp³-hybridized carbons (Fsp3) is 0.500. The molecule has 1 unspecified atom stereocenters. The van der Waals surface area contributed by atoms with Crippen LogP contribution in [-0.2, 0) is 0 Å². The SMILES string of the molecule is CCC(C)[C@@H](O)[C@@H](N)c1ccc(Br)c(F)c1.Cl. The fourth-order valence-corrected chi connectivity index (χ4v) is 1.76. The Morgan fingerprint density at radius 3 is 2.53 bits per heavy atom. The second-order valence-corrected chi connectivity index (χ2v) is 4.93. The summed E-state index contributed by atoms with van der Waals surface area (Å²) in [5.41, 5.74) is 6.52. The summed E-state index contributed by atoms with van der Waals surface area (Å²) >= 11 is 3.08. The zero-order valence-corrected chi connectivity index (χ0v) is 12.3. The second-order valence-electron chi connectivity index (χ2n) is 4.08. The molecule has 0 saturated carbocycles. The van der Waals surface area contributed by atoms with E-state index in [1.54, 1.807) is 12.1 Å². The molecule has 0 bridgehead atoms. The van der Waals surface area contributed by atoms with E-state index < -0.39 is 12.1 Å². The van der Waals surface area contributed by atoms with Crippen LogP contribution >= 0.6 is 28.3 Å². The van der Waals surface area contributed by atoms with Gasteiger partial charge < -0.3 is 10.8 Å². The molecule has 1 rings (SSSR count). The molecule has 0 radical (unpaired) electrons. The zero-order chi connectivity index (χ0) is 12.3. The minimum absolute atomic E-state index is 0. The van der Waals surface area contributed by atoms with Crippen LogP contribution in [0.25, 0.3) is 0 Å². The maximum atomic E-state index is 13.3. The van der Waals surface area contributed by atoms with Gasteiger partial charge in [-0.05, 0) is 39.5 Å². The lowest BCUT2D eigenvalue weighted by atomic mass is 9.92. The smallest absolute Gasteiger partial charge is 0.137 e. The average Bonchev–Trinajstić information content (AvgIpc) is 2.29. The lowest BCUT2D eigenvalue weighted by Crippen LogP contribution is -2.31. The Balaban J connectivity index is 0.00000256. The van der Waals surface area contributed by atoms with Crippen molar-refractivity contribution in [3.8, 4) is 0 Å². The highest BCUT2D eigenvalue weighted by Gasteiger charge is 2.22. The number of hydrogen-bond acceptors (Lipinski definition) is 2. The van der Waals surface area contributed by atoms with Gasteiger partial charge in [-0.25, -0.2) is 4.39 Å². The molecule has 0 aromatic heterocycles. The van der Waals surface area contributed by atoms with Gasteiger partial charge in [0.25, 0.3) is 0 Å². The van der Waals surface area contributed by atoms with Gasteiger partial charge in [0.05, 0.1) is 16.6 Å². The first-order valence-corrected chi connectivity index (χ1v) is 6.15. The van der Waals surface area contributed by atoms with Gasteiger partial charge in [0.2, 0.25) is 0 Å². The third kappa shape index (κ3) is 4.21. The molecule has 1 aromatic carbocycles. The van der Waals surface area contributed by atoms with Gasteiger partial charge in [-0.3, -0.25) is 0 Å². The standard InChI is InChI=1S/C12H17BrFNO.ClH/c1-3-7(2)12(16)11(15)8-4-5-9(13)10(14)6-8;/h4-7,11-12,16H,3,15H2,1-2H3;1H/t7?,11-,12+;/m0./s1. The number of aliphatic hydroxyl groups excluding tert-OH is 1. The fourth-order valence-electron chi connectivity index (χ4n) is 1.51. The van der Waals surface area contributed by atoms with Gasteiger partial charge >= 0.3 is 0 Å². The molecule has 2 nitrogen and oxygen atoms in total. The zero-order valence-electron chi connectivity index (χ0n) is 9.86. The Kier molecular flexibility index (Phi) is 7.24. The Bertz CT molecular complexity index is 364. The summed E-state index contributed by atoms with van der Waals surface area (Å²) in [5.74, 6) is -0.258. The van der Waals surface area contributed by atoms with E-state index in [4.69, 9.17) is 5.73 Å². The van der Waals surface area contributed by atoms with Gasteiger partial charge in [-0.15, -0.1) is 12.4 Å². The van der Waals surface area contributed by atoms with Crippen LogP contribution in [0.5, 0.6) is 0 Å². The van der Waals surface area contributed by atoms with Gasteiger partial charge in [0.1, 0.15) is 5.82 Å². The molecular weight excluding hydrogens is 308 g/mol. The topological polar surface area (TPSA) is 46.2 Å². The molecule has 0 aliphatic heterocycles. The number of rotatable bonds is 4. The molecule has 3 atom stereocenters. The number of aliphatic hydroxyl groups is 1. The van der Waals surface area contributed by atoms with Crippen LogP contribution in [-0.4, -0.2) is 11.2 Å². The first-order valence-electron chi connectivity index (χ1n) is 5.36. The quantitative estimate of drug-likeness (QED) is 0.890. The summed E-state index contributed by atoms with van der Waals surface area (Å²) in [7, 11) is 0. The normalized spacial score (nSPS) is 15.9. The van der Waals surface area contributed by atoms with E-state index in [-0.39, 0.29) is 24.1 Å². The van der Waals surface area contributed by atoms with Gasteiger partial charge in [-0.2, -0.15) is 0 Å². The summed E-state index contributed by atoms with van der Waals surface area (Å²) in [4.78, 5) is 0. The van der Waals surface area contributed by atoms with Crippen LogP contribution in [0.4, 0.5) is 4.39 Å². The first-order chi connectivity index (χ1) is 7.47. The van der Waals surface area contributed by atoms with E-state index in [2.05, 4.69) is 15.9 Å². The predicted molar refractivity (Wildman–Crippen MR) is 73.7 cm³/mol. The van der Waals surface area contributed by atoms with Crippen molar-refractivity contribution >= 4 is 28.3 Å². The summed E-state index contributed by atoms with van der Waals surface area (Å²) in [6.07, 6.45) is 0.194. The molecule has 17 heavy (non-hydrogen) atoms. The molecule has 3 N–H and O–H groups in total. The van der Waals surface area contributed by atoms with Crippen molar-refractivity contribution in [1.82, 2.24) is 0 Å². The Hall–Kier alpha value is -0.160.